The van der Waals surface area contributed by atoms with Crippen LogP contribution in [0.3, 0.4) is 0 Å². The van der Waals surface area contributed by atoms with E-state index in [-0.39, 0.29) is 17.1 Å². The van der Waals surface area contributed by atoms with E-state index >= 15 is 0 Å². The lowest BCUT2D eigenvalue weighted by molar-refractivity contribution is 0.103. The molecule has 142 valence electrons. The maximum Gasteiger partial charge on any atom is 0.196 e. The first kappa shape index (κ1) is 18.5. The number of phenols is 1. The first-order chi connectivity index (χ1) is 14.2. The zero-order valence-electron chi connectivity index (χ0n) is 16.0. The van der Waals surface area contributed by atoms with E-state index in [0.717, 1.165) is 16.7 Å². The number of phenolic OH excluding ortho intramolecular Hbond substituents is 1. The summed E-state index contributed by atoms with van der Waals surface area (Å²) in [5.41, 5.74) is 3.71. The fourth-order valence-corrected chi connectivity index (χ4v) is 3.49. The van der Waals surface area contributed by atoms with E-state index in [9.17, 15) is 9.90 Å². The normalized spacial score (nSPS) is 10.5. The highest BCUT2D eigenvalue weighted by Gasteiger charge is 2.24. The molecule has 0 atom stereocenters. The molecular weight excluding hydrogens is 360 g/mol. The maximum absolute atomic E-state index is 13.2. The van der Waals surface area contributed by atoms with Crippen LogP contribution in [-0.2, 0) is 0 Å². The third kappa shape index (κ3) is 3.50. The van der Waals surface area contributed by atoms with Crippen molar-refractivity contribution in [2.24, 2.45) is 0 Å². The van der Waals surface area contributed by atoms with Gasteiger partial charge in [0.05, 0.1) is 18.2 Å². The number of ether oxygens (including phenoxy) is 1. The highest BCUT2D eigenvalue weighted by atomic mass is 16.5. The Morgan fingerprint density at radius 2 is 1.28 bits per heavy atom. The molecule has 0 aliphatic heterocycles. The van der Waals surface area contributed by atoms with Gasteiger partial charge in [-0.1, -0.05) is 91.0 Å². The Morgan fingerprint density at radius 3 is 1.83 bits per heavy atom. The van der Waals surface area contributed by atoms with Gasteiger partial charge in [-0.3, -0.25) is 4.79 Å². The molecule has 0 aliphatic rings. The van der Waals surface area contributed by atoms with Crippen LogP contribution in [0.1, 0.15) is 15.9 Å². The lowest BCUT2D eigenvalue weighted by Crippen LogP contribution is -2.04. The van der Waals surface area contributed by atoms with E-state index in [0.29, 0.717) is 16.9 Å². The van der Waals surface area contributed by atoms with Crippen LogP contribution >= 0.6 is 0 Å². The van der Waals surface area contributed by atoms with Crippen molar-refractivity contribution in [3.63, 3.8) is 0 Å². The molecule has 4 rings (SSSR count). The Hall–Kier alpha value is -3.85. The summed E-state index contributed by atoms with van der Waals surface area (Å²) in [6.45, 7) is 0. The van der Waals surface area contributed by atoms with Crippen molar-refractivity contribution in [1.29, 1.82) is 0 Å². The number of hydrogen-bond donors (Lipinski definition) is 1. The van der Waals surface area contributed by atoms with Gasteiger partial charge < -0.3 is 9.84 Å². The molecule has 4 aromatic rings. The van der Waals surface area contributed by atoms with Gasteiger partial charge >= 0.3 is 0 Å². The summed E-state index contributed by atoms with van der Waals surface area (Å²) in [4.78, 5) is 13.2. The number of carbonyl (C=O) groups is 1. The standard InChI is InChI=1S/C26H20O3/c1-29-26-21(18-11-5-2-6-12-18)17-22(24(27)20-15-9-4-10-16-20)25(28)23(26)19-13-7-3-8-14-19/h2-17,28H,1H3. The van der Waals surface area contributed by atoms with E-state index in [4.69, 9.17) is 4.74 Å². The van der Waals surface area contributed by atoms with Gasteiger partial charge in [0.15, 0.2) is 5.78 Å². The SMILES string of the molecule is COc1c(-c2ccccc2)cc(C(=O)c2ccccc2)c(O)c1-c1ccccc1. The molecule has 0 saturated heterocycles. The number of hydrogen-bond acceptors (Lipinski definition) is 3. The van der Waals surface area contributed by atoms with Crippen LogP contribution in [0.25, 0.3) is 22.3 Å². The summed E-state index contributed by atoms with van der Waals surface area (Å²) in [6.07, 6.45) is 0. The third-order valence-corrected chi connectivity index (χ3v) is 4.88. The second-order valence-electron chi connectivity index (χ2n) is 6.66. The molecule has 0 heterocycles. The Kier molecular flexibility index (Phi) is 5.12. The highest BCUT2D eigenvalue weighted by molar-refractivity contribution is 6.13. The Balaban J connectivity index is 2.03. The molecule has 0 bridgehead atoms. The monoisotopic (exact) mass is 380 g/mol. The lowest BCUT2D eigenvalue weighted by atomic mass is 9.90. The van der Waals surface area contributed by atoms with E-state index in [1.54, 1.807) is 25.3 Å². The van der Waals surface area contributed by atoms with Crippen molar-refractivity contribution >= 4 is 5.78 Å². The molecule has 0 radical (unpaired) electrons. The average molecular weight is 380 g/mol. The highest BCUT2D eigenvalue weighted by Crippen LogP contribution is 2.46. The number of aromatic hydroxyl groups is 1. The van der Waals surface area contributed by atoms with Crippen molar-refractivity contribution < 1.29 is 14.6 Å². The Bertz CT molecular complexity index is 1130. The minimum Gasteiger partial charge on any atom is -0.506 e. The summed E-state index contributed by atoms with van der Waals surface area (Å²) >= 11 is 0. The number of methoxy groups -OCH3 is 1. The minimum absolute atomic E-state index is 0.0819. The molecule has 3 nitrogen and oxygen atoms in total. The third-order valence-electron chi connectivity index (χ3n) is 4.88. The molecule has 4 aromatic carbocycles. The van der Waals surface area contributed by atoms with E-state index in [1.807, 2.05) is 78.9 Å². The van der Waals surface area contributed by atoms with Crippen molar-refractivity contribution in [3.8, 4) is 33.8 Å². The minimum atomic E-state index is -0.236. The van der Waals surface area contributed by atoms with Crippen LogP contribution < -0.4 is 4.74 Å². The second kappa shape index (κ2) is 8.03. The van der Waals surface area contributed by atoms with Crippen LogP contribution in [0, 0.1) is 0 Å². The van der Waals surface area contributed by atoms with Crippen LogP contribution in [-0.4, -0.2) is 18.0 Å². The number of benzene rings is 4. The molecule has 29 heavy (non-hydrogen) atoms. The Morgan fingerprint density at radius 1 is 0.759 bits per heavy atom. The van der Waals surface area contributed by atoms with E-state index in [1.165, 1.54) is 0 Å². The van der Waals surface area contributed by atoms with Gasteiger partial charge in [0.1, 0.15) is 11.5 Å². The molecule has 0 aromatic heterocycles. The van der Waals surface area contributed by atoms with Gasteiger partial charge in [0.25, 0.3) is 0 Å². The summed E-state index contributed by atoms with van der Waals surface area (Å²) in [5, 5.41) is 11.2. The summed E-state index contributed by atoms with van der Waals surface area (Å²) in [5.74, 6) is 0.214. The molecule has 0 unspecified atom stereocenters. The molecular formula is C26H20O3. The number of carbonyl (C=O) groups excluding carboxylic acids is 1. The summed E-state index contributed by atoms with van der Waals surface area (Å²) in [6, 6.07) is 29.9. The van der Waals surface area contributed by atoms with Crippen LogP contribution in [0.4, 0.5) is 0 Å². The quantitative estimate of drug-likeness (QED) is 0.434. The zero-order chi connectivity index (χ0) is 20.2. The molecule has 0 aliphatic carbocycles. The largest absolute Gasteiger partial charge is 0.506 e. The number of rotatable bonds is 5. The molecule has 0 spiro atoms. The molecule has 0 fully saturated rings. The van der Waals surface area contributed by atoms with Crippen molar-refractivity contribution in [1.82, 2.24) is 0 Å². The van der Waals surface area contributed by atoms with Gasteiger partial charge in [0.2, 0.25) is 0 Å². The van der Waals surface area contributed by atoms with Gasteiger partial charge in [-0.25, -0.2) is 0 Å². The van der Waals surface area contributed by atoms with Crippen molar-refractivity contribution in [3.05, 3.63) is 108 Å². The molecule has 1 N–H and O–H groups in total. The fourth-order valence-electron chi connectivity index (χ4n) is 3.49. The second-order valence-corrected chi connectivity index (χ2v) is 6.66. The van der Waals surface area contributed by atoms with Gasteiger partial charge in [-0.15, -0.1) is 0 Å². The first-order valence-electron chi connectivity index (χ1n) is 9.35. The van der Waals surface area contributed by atoms with Crippen molar-refractivity contribution in [2.45, 2.75) is 0 Å². The number of ketones is 1. The molecule has 0 amide bonds. The van der Waals surface area contributed by atoms with Gasteiger partial charge in [0, 0.05) is 11.1 Å². The van der Waals surface area contributed by atoms with E-state index < -0.39 is 0 Å². The molecule has 3 heteroatoms. The predicted octanol–water partition coefficient (Wildman–Crippen LogP) is 5.97. The summed E-state index contributed by atoms with van der Waals surface area (Å²) in [7, 11) is 1.58. The van der Waals surface area contributed by atoms with Crippen LogP contribution in [0.2, 0.25) is 0 Å². The average Bonchev–Trinajstić information content (AvgIpc) is 2.80. The van der Waals surface area contributed by atoms with Crippen LogP contribution in [0.5, 0.6) is 11.5 Å². The Labute approximate surface area is 169 Å². The summed E-state index contributed by atoms with van der Waals surface area (Å²) < 4.78 is 5.74. The predicted molar refractivity (Wildman–Crippen MR) is 115 cm³/mol. The lowest BCUT2D eigenvalue weighted by Gasteiger charge is -2.18. The zero-order valence-corrected chi connectivity index (χ0v) is 16.0. The van der Waals surface area contributed by atoms with Gasteiger partial charge in [-0.2, -0.15) is 0 Å². The van der Waals surface area contributed by atoms with Crippen LogP contribution in [0.15, 0.2) is 97.1 Å². The van der Waals surface area contributed by atoms with Gasteiger partial charge in [-0.05, 0) is 17.2 Å². The van der Waals surface area contributed by atoms with E-state index in [2.05, 4.69) is 0 Å². The first-order valence-corrected chi connectivity index (χ1v) is 9.35. The fraction of sp³-hybridized carbons (Fsp3) is 0.0385. The topological polar surface area (TPSA) is 46.5 Å². The smallest absolute Gasteiger partial charge is 0.196 e. The van der Waals surface area contributed by atoms with Crippen molar-refractivity contribution in [2.75, 3.05) is 7.11 Å². The molecule has 0 saturated carbocycles. The maximum atomic E-state index is 13.2.